The first-order valence-electron chi connectivity index (χ1n) is 10.5. The maximum atomic E-state index is 12.9. The Morgan fingerprint density at radius 3 is 2.59 bits per heavy atom. The van der Waals surface area contributed by atoms with E-state index in [9.17, 15) is 27.6 Å². The van der Waals surface area contributed by atoms with Crippen molar-refractivity contribution in [2.45, 2.75) is 58.3 Å². The third-order valence-electron chi connectivity index (χ3n) is 5.37. The van der Waals surface area contributed by atoms with Gasteiger partial charge in [0.25, 0.3) is 0 Å². The Morgan fingerprint density at radius 2 is 2.00 bits per heavy atom. The Morgan fingerprint density at radius 1 is 1.28 bits per heavy atom. The maximum absolute atomic E-state index is 12.9. The van der Waals surface area contributed by atoms with Gasteiger partial charge in [-0.05, 0) is 42.5 Å². The van der Waals surface area contributed by atoms with Crippen molar-refractivity contribution in [2.24, 2.45) is 5.92 Å². The van der Waals surface area contributed by atoms with Crippen LogP contribution in [0.25, 0.3) is 0 Å². The van der Waals surface area contributed by atoms with Crippen molar-refractivity contribution < 1.29 is 27.6 Å². The molecule has 2 N–H and O–H groups in total. The molecular weight excluding hydrogens is 425 g/mol. The van der Waals surface area contributed by atoms with Crippen molar-refractivity contribution in [3.05, 3.63) is 34.9 Å². The predicted octanol–water partition coefficient (Wildman–Crippen LogP) is 2.43. The average Bonchev–Trinajstić information content (AvgIpc) is 2.74. The van der Waals surface area contributed by atoms with Gasteiger partial charge >= 0.3 is 6.18 Å². The highest BCUT2D eigenvalue weighted by Gasteiger charge is 2.32. The van der Waals surface area contributed by atoms with Crippen LogP contribution in [0.15, 0.2) is 18.2 Å². The molecule has 0 aliphatic carbocycles. The van der Waals surface area contributed by atoms with Gasteiger partial charge < -0.3 is 15.5 Å². The second kappa shape index (κ2) is 11.0. The summed E-state index contributed by atoms with van der Waals surface area (Å²) in [7, 11) is 0. The lowest BCUT2D eigenvalue weighted by Gasteiger charge is -2.34. The SMILES string of the molecule is CC[C@@H](NC(C)=O)C(=O)N1CCC[C@@H](C(=O)NCc2ccc(C#N)cc2CC(F)(F)F)C1. The van der Waals surface area contributed by atoms with Crippen LogP contribution in [0, 0.1) is 17.2 Å². The predicted molar refractivity (Wildman–Crippen MR) is 110 cm³/mol. The Hall–Kier alpha value is -3.09. The molecule has 1 aliphatic rings. The van der Waals surface area contributed by atoms with E-state index >= 15 is 0 Å². The quantitative estimate of drug-likeness (QED) is 0.663. The van der Waals surface area contributed by atoms with Crippen molar-refractivity contribution in [1.29, 1.82) is 5.26 Å². The number of carbonyl (C=O) groups excluding carboxylic acids is 3. The lowest BCUT2D eigenvalue weighted by molar-refractivity contribution is -0.139. The van der Waals surface area contributed by atoms with Crippen molar-refractivity contribution in [2.75, 3.05) is 13.1 Å². The summed E-state index contributed by atoms with van der Waals surface area (Å²) in [4.78, 5) is 38.2. The van der Waals surface area contributed by atoms with Crippen LogP contribution in [-0.4, -0.2) is 47.9 Å². The molecule has 1 heterocycles. The van der Waals surface area contributed by atoms with Crippen LogP contribution < -0.4 is 10.6 Å². The van der Waals surface area contributed by atoms with E-state index in [0.29, 0.717) is 25.8 Å². The molecule has 1 saturated heterocycles. The normalized spacial score (nSPS) is 17.2. The van der Waals surface area contributed by atoms with Gasteiger partial charge in [0, 0.05) is 26.6 Å². The molecule has 0 bridgehead atoms. The van der Waals surface area contributed by atoms with E-state index in [-0.39, 0.29) is 47.5 Å². The molecule has 0 radical (unpaired) electrons. The zero-order valence-electron chi connectivity index (χ0n) is 18.1. The van der Waals surface area contributed by atoms with Crippen LogP contribution in [0.4, 0.5) is 13.2 Å². The first-order valence-corrected chi connectivity index (χ1v) is 10.5. The highest BCUT2D eigenvalue weighted by atomic mass is 19.4. The third kappa shape index (κ3) is 7.25. The highest BCUT2D eigenvalue weighted by Crippen LogP contribution is 2.25. The van der Waals surface area contributed by atoms with Gasteiger partial charge in [0.15, 0.2) is 0 Å². The van der Waals surface area contributed by atoms with Gasteiger partial charge in [0.05, 0.1) is 24.0 Å². The Bertz CT molecular complexity index is 895. The fourth-order valence-corrected chi connectivity index (χ4v) is 3.77. The zero-order valence-corrected chi connectivity index (χ0v) is 18.1. The first kappa shape index (κ1) is 25.2. The largest absolute Gasteiger partial charge is 0.393 e. The second-order valence-electron chi connectivity index (χ2n) is 7.89. The monoisotopic (exact) mass is 452 g/mol. The van der Waals surface area contributed by atoms with Gasteiger partial charge in [-0.15, -0.1) is 0 Å². The van der Waals surface area contributed by atoms with E-state index < -0.39 is 24.6 Å². The third-order valence-corrected chi connectivity index (χ3v) is 5.37. The van der Waals surface area contributed by atoms with Crippen LogP contribution in [-0.2, 0) is 27.3 Å². The molecule has 0 saturated carbocycles. The van der Waals surface area contributed by atoms with Crippen molar-refractivity contribution in [3.63, 3.8) is 0 Å². The van der Waals surface area contributed by atoms with Gasteiger partial charge in [-0.25, -0.2) is 0 Å². The lowest BCUT2D eigenvalue weighted by atomic mass is 9.95. The molecule has 2 rings (SSSR count). The van der Waals surface area contributed by atoms with Crippen molar-refractivity contribution in [1.82, 2.24) is 15.5 Å². The van der Waals surface area contributed by atoms with Crippen molar-refractivity contribution in [3.8, 4) is 6.07 Å². The van der Waals surface area contributed by atoms with Gasteiger partial charge in [0.2, 0.25) is 17.7 Å². The minimum Gasteiger partial charge on any atom is -0.352 e. The van der Waals surface area contributed by atoms with Gasteiger partial charge in [-0.1, -0.05) is 13.0 Å². The summed E-state index contributed by atoms with van der Waals surface area (Å²) in [6.07, 6.45) is -4.06. The molecule has 0 aromatic heterocycles. The van der Waals surface area contributed by atoms with E-state index in [1.807, 2.05) is 6.07 Å². The van der Waals surface area contributed by atoms with E-state index in [2.05, 4.69) is 10.6 Å². The van der Waals surface area contributed by atoms with Crippen LogP contribution >= 0.6 is 0 Å². The molecule has 1 aromatic rings. The number of halogens is 3. The number of hydrogen-bond acceptors (Lipinski definition) is 4. The Kier molecular flexibility index (Phi) is 8.63. The fourth-order valence-electron chi connectivity index (χ4n) is 3.77. The summed E-state index contributed by atoms with van der Waals surface area (Å²) in [5, 5.41) is 14.2. The number of piperidine rings is 1. The number of nitriles is 1. The minimum atomic E-state index is -4.44. The number of alkyl halides is 3. The van der Waals surface area contributed by atoms with E-state index in [4.69, 9.17) is 5.26 Å². The maximum Gasteiger partial charge on any atom is 0.393 e. The van der Waals surface area contributed by atoms with E-state index in [1.54, 1.807) is 11.8 Å². The Balaban J connectivity index is 2.03. The molecule has 174 valence electrons. The van der Waals surface area contributed by atoms with Gasteiger partial charge in [-0.3, -0.25) is 14.4 Å². The average molecular weight is 452 g/mol. The molecule has 10 heteroatoms. The molecule has 1 aromatic carbocycles. The number of benzene rings is 1. The molecule has 32 heavy (non-hydrogen) atoms. The molecule has 7 nitrogen and oxygen atoms in total. The fraction of sp³-hybridized carbons (Fsp3) is 0.545. The van der Waals surface area contributed by atoms with Crippen molar-refractivity contribution >= 4 is 17.7 Å². The minimum absolute atomic E-state index is 0.0570. The highest BCUT2D eigenvalue weighted by molar-refractivity contribution is 5.87. The van der Waals surface area contributed by atoms with Crippen LogP contribution in [0.3, 0.4) is 0 Å². The lowest BCUT2D eigenvalue weighted by Crippen LogP contribution is -2.52. The summed E-state index contributed by atoms with van der Waals surface area (Å²) in [6.45, 7) is 3.67. The molecule has 2 atom stereocenters. The number of nitrogens with zero attached hydrogens (tertiary/aromatic N) is 2. The van der Waals surface area contributed by atoms with Gasteiger partial charge in [0.1, 0.15) is 6.04 Å². The number of hydrogen-bond donors (Lipinski definition) is 2. The smallest absolute Gasteiger partial charge is 0.352 e. The summed E-state index contributed by atoms with van der Waals surface area (Å²) < 4.78 is 38.7. The van der Waals surface area contributed by atoms with E-state index in [0.717, 1.165) is 0 Å². The van der Waals surface area contributed by atoms with Crippen LogP contribution in [0.5, 0.6) is 0 Å². The number of likely N-dealkylation sites (tertiary alicyclic amines) is 1. The Labute approximate surface area is 184 Å². The number of nitrogens with one attached hydrogen (secondary N) is 2. The summed E-state index contributed by atoms with van der Waals surface area (Å²) in [5.74, 6) is -1.40. The molecule has 1 aliphatic heterocycles. The number of amides is 3. The number of rotatable bonds is 7. The van der Waals surface area contributed by atoms with Gasteiger partial charge in [-0.2, -0.15) is 18.4 Å². The summed E-state index contributed by atoms with van der Waals surface area (Å²) in [6, 6.07) is 5.17. The van der Waals surface area contributed by atoms with E-state index in [1.165, 1.54) is 25.1 Å². The standard InChI is InChI=1S/C22H27F3N4O3/c1-3-19(28-14(2)30)21(32)29-8-4-5-17(13-29)20(31)27-12-16-7-6-15(11-26)9-18(16)10-22(23,24)25/h6-7,9,17,19H,3-5,8,10,12-13H2,1-2H3,(H,27,31)(H,28,30)/t17-,19-/m1/s1. The topological polar surface area (TPSA) is 102 Å². The number of carbonyl (C=O) groups is 3. The summed E-state index contributed by atoms with van der Waals surface area (Å²) >= 11 is 0. The zero-order chi connectivity index (χ0) is 23.9. The molecular formula is C22H27F3N4O3. The van der Waals surface area contributed by atoms with Crippen LogP contribution in [0.2, 0.25) is 0 Å². The molecule has 3 amide bonds. The first-order chi connectivity index (χ1) is 15.0. The molecule has 0 unspecified atom stereocenters. The molecule has 0 spiro atoms. The second-order valence-corrected chi connectivity index (χ2v) is 7.89. The van der Waals surface area contributed by atoms with Crippen LogP contribution in [0.1, 0.15) is 49.8 Å². The summed E-state index contributed by atoms with van der Waals surface area (Å²) in [5.41, 5.74) is 0.346. The molecule has 1 fully saturated rings.